The van der Waals surface area contributed by atoms with Gasteiger partial charge in [0.25, 0.3) is 0 Å². The van der Waals surface area contributed by atoms with Crippen molar-refractivity contribution in [2.45, 2.75) is 40.7 Å². The number of carbonyl (C=O) groups excluding carboxylic acids is 2. The summed E-state index contributed by atoms with van der Waals surface area (Å²) in [6.45, 7) is 9.50. The lowest BCUT2D eigenvalue weighted by molar-refractivity contribution is -0.118. The fourth-order valence-corrected chi connectivity index (χ4v) is 5.48. The minimum Gasteiger partial charge on any atom is -0.384 e. The zero-order chi connectivity index (χ0) is 25.5. The van der Waals surface area contributed by atoms with E-state index in [0.29, 0.717) is 27.5 Å². The number of halogens is 1. The molecule has 1 amide bonds. The molecule has 0 aromatic heterocycles. The second kappa shape index (κ2) is 12.4. The van der Waals surface area contributed by atoms with Gasteiger partial charge in [-0.05, 0) is 63.9 Å². The summed E-state index contributed by atoms with van der Waals surface area (Å²) in [5.41, 5.74) is 9.46. The number of hydrogen-bond donors (Lipinski definition) is 3. The van der Waals surface area contributed by atoms with Gasteiger partial charge >= 0.3 is 7.60 Å². The number of aryl methyl sites for hydroxylation is 2. The van der Waals surface area contributed by atoms with Crippen molar-refractivity contribution in [3.8, 4) is 0 Å². The van der Waals surface area contributed by atoms with Gasteiger partial charge in [0.15, 0.2) is 5.78 Å². The summed E-state index contributed by atoms with van der Waals surface area (Å²) >= 11 is 6.36. The number of primary amides is 1. The molecule has 2 aromatic carbocycles. The second-order valence-corrected chi connectivity index (χ2v) is 10.4. The van der Waals surface area contributed by atoms with E-state index in [9.17, 15) is 14.2 Å². The molecule has 0 aliphatic carbocycles. The lowest BCUT2D eigenvalue weighted by atomic mass is 9.98. The van der Waals surface area contributed by atoms with Crippen LogP contribution in [0.15, 0.2) is 30.3 Å². The highest BCUT2D eigenvalue weighted by molar-refractivity contribution is 7.53. The first-order chi connectivity index (χ1) is 16.0. The zero-order valence-electron chi connectivity index (χ0n) is 20.2. The molecule has 0 bridgehead atoms. The summed E-state index contributed by atoms with van der Waals surface area (Å²) in [6, 6.07) is 7.94. The molecule has 0 aliphatic heterocycles. The Morgan fingerprint density at radius 3 is 2.26 bits per heavy atom. The molecule has 0 aliphatic rings. The number of benzene rings is 2. The highest BCUT2D eigenvalue weighted by atomic mass is 35.5. The second-order valence-electron chi connectivity index (χ2n) is 7.82. The van der Waals surface area contributed by atoms with Crippen molar-refractivity contribution in [3.63, 3.8) is 0 Å². The molecule has 2 aromatic rings. The van der Waals surface area contributed by atoms with E-state index in [1.54, 1.807) is 38.1 Å². The summed E-state index contributed by atoms with van der Waals surface area (Å²) in [7, 11) is -3.21. The van der Waals surface area contributed by atoms with Crippen LogP contribution in [0, 0.1) is 13.8 Å². The molecule has 2 rings (SSSR count). The van der Waals surface area contributed by atoms with Crippen LogP contribution in [0.2, 0.25) is 5.02 Å². The Morgan fingerprint density at radius 1 is 1.09 bits per heavy atom. The molecule has 0 fully saturated rings. The summed E-state index contributed by atoms with van der Waals surface area (Å²) in [6.07, 6.45) is 0.153. The third kappa shape index (κ3) is 7.06. The van der Waals surface area contributed by atoms with Gasteiger partial charge in [0, 0.05) is 34.1 Å². The number of carbonyl (C=O) groups is 2. The predicted molar refractivity (Wildman–Crippen MR) is 137 cm³/mol. The number of ketones is 1. The van der Waals surface area contributed by atoms with Crippen LogP contribution >= 0.6 is 19.2 Å². The molecule has 8 nitrogen and oxygen atoms in total. The predicted octanol–water partition coefficient (Wildman–Crippen LogP) is 5.48. The van der Waals surface area contributed by atoms with Crippen molar-refractivity contribution < 1.29 is 23.2 Å². The van der Waals surface area contributed by atoms with Gasteiger partial charge in [0.2, 0.25) is 5.91 Å². The Kier molecular flexibility index (Phi) is 10.1. The van der Waals surface area contributed by atoms with Gasteiger partial charge in [-0.1, -0.05) is 23.7 Å². The average Bonchev–Trinajstić information content (AvgIpc) is 2.74. The Hall–Kier alpha value is -2.38. The van der Waals surface area contributed by atoms with Gasteiger partial charge in [0.05, 0.1) is 19.4 Å². The first-order valence-electron chi connectivity index (χ1n) is 11.1. The van der Waals surface area contributed by atoms with Crippen molar-refractivity contribution in [1.82, 2.24) is 0 Å². The summed E-state index contributed by atoms with van der Waals surface area (Å²) < 4.78 is 23.3. The van der Waals surface area contributed by atoms with Crippen LogP contribution in [0.5, 0.6) is 0 Å². The number of nitrogens with two attached hydrogens (primary N) is 1. The van der Waals surface area contributed by atoms with Crippen molar-refractivity contribution in [3.05, 3.63) is 57.6 Å². The topological polar surface area (TPSA) is 120 Å². The monoisotopic (exact) mass is 509 g/mol. The molecule has 1 atom stereocenters. The largest absolute Gasteiger partial charge is 0.384 e. The van der Waals surface area contributed by atoms with Crippen LogP contribution in [0.1, 0.15) is 53.9 Å². The summed E-state index contributed by atoms with van der Waals surface area (Å²) in [5, 5.41) is 6.75. The molecule has 10 heteroatoms. The molecular weight excluding hydrogens is 477 g/mol. The van der Waals surface area contributed by atoms with E-state index in [2.05, 4.69) is 10.6 Å². The van der Waals surface area contributed by atoms with Gasteiger partial charge < -0.3 is 25.4 Å². The Labute approximate surface area is 206 Å². The number of anilines is 2. The van der Waals surface area contributed by atoms with E-state index in [0.717, 1.165) is 11.1 Å². The van der Waals surface area contributed by atoms with Crippen LogP contribution in [0.25, 0.3) is 0 Å². The molecular formula is C24H33ClN3O5P. The maximum Gasteiger partial charge on any atom is 0.332 e. The van der Waals surface area contributed by atoms with Crippen molar-refractivity contribution in [2.75, 3.05) is 36.6 Å². The maximum atomic E-state index is 12.7. The van der Waals surface area contributed by atoms with E-state index in [-0.39, 0.29) is 31.7 Å². The van der Waals surface area contributed by atoms with Gasteiger partial charge in [-0.3, -0.25) is 14.2 Å². The number of Topliss-reactive ketones (excluding diaryl/α,β-unsaturated/α-hetero) is 1. The van der Waals surface area contributed by atoms with Crippen molar-refractivity contribution in [1.29, 1.82) is 0 Å². The average molecular weight is 510 g/mol. The molecule has 1 unspecified atom stereocenters. The lowest BCUT2D eigenvalue weighted by Gasteiger charge is -2.23. The smallest absolute Gasteiger partial charge is 0.332 e. The molecule has 4 N–H and O–H groups in total. The Balaban J connectivity index is 2.33. The molecule has 0 saturated heterocycles. The first-order valence-corrected chi connectivity index (χ1v) is 13.2. The maximum absolute atomic E-state index is 12.7. The number of amides is 1. The Morgan fingerprint density at radius 2 is 1.74 bits per heavy atom. The van der Waals surface area contributed by atoms with Crippen molar-refractivity contribution >= 4 is 42.3 Å². The molecule has 0 saturated carbocycles. The molecule has 34 heavy (non-hydrogen) atoms. The SMILES string of the molecule is CCOP(=O)(CCNc1cc(C)c(NC(C(N)=O)c2c(C)cccc2Cl)cc1C(C)=O)OCC. The van der Waals surface area contributed by atoms with Gasteiger partial charge in [0.1, 0.15) is 6.04 Å². The zero-order valence-corrected chi connectivity index (χ0v) is 21.9. The van der Waals surface area contributed by atoms with Gasteiger partial charge in [-0.25, -0.2) is 0 Å². The highest BCUT2D eigenvalue weighted by Crippen LogP contribution is 2.47. The normalized spacial score (nSPS) is 12.3. The van der Waals surface area contributed by atoms with E-state index >= 15 is 0 Å². The first kappa shape index (κ1) is 27.9. The van der Waals surface area contributed by atoms with E-state index < -0.39 is 19.5 Å². The minimum absolute atomic E-state index is 0.153. The van der Waals surface area contributed by atoms with Crippen LogP contribution in [0.3, 0.4) is 0 Å². The summed E-state index contributed by atoms with van der Waals surface area (Å²) in [4.78, 5) is 24.7. The van der Waals surface area contributed by atoms with E-state index in [4.69, 9.17) is 26.4 Å². The fourth-order valence-electron chi connectivity index (χ4n) is 3.64. The summed E-state index contributed by atoms with van der Waals surface area (Å²) in [5.74, 6) is -0.766. The fraction of sp³-hybridized carbons (Fsp3) is 0.417. The minimum atomic E-state index is -3.21. The highest BCUT2D eigenvalue weighted by Gasteiger charge is 2.25. The van der Waals surface area contributed by atoms with Crippen LogP contribution in [-0.4, -0.2) is 37.6 Å². The quantitative estimate of drug-likeness (QED) is 0.241. The van der Waals surface area contributed by atoms with E-state index in [1.165, 1.54) is 6.92 Å². The number of nitrogens with one attached hydrogen (secondary N) is 2. The number of hydrogen-bond acceptors (Lipinski definition) is 7. The molecule has 0 spiro atoms. The molecule has 0 radical (unpaired) electrons. The van der Waals surface area contributed by atoms with Gasteiger partial charge in [-0.2, -0.15) is 0 Å². The lowest BCUT2D eigenvalue weighted by Crippen LogP contribution is -2.29. The standard InChI is InChI=1S/C24H33ClN3O5P/c1-6-32-34(31,33-7-2)12-11-27-21-13-16(4)20(14-18(21)17(5)29)28-23(24(26)30)22-15(3)9-8-10-19(22)25/h8-10,13-14,23,27-28H,6-7,11-12H2,1-5H3,(H2,26,30). The molecule has 186 valence electrons. The Bertz CT molecular complexity index is 1060. The third-order valence-electron chi connectivity index (χ3n) is 5.24. The molecule has 0 heterocycles. The van der Waals surface area contributed by atoms with Crippen LogP contribution < -0.4 is 16.4 Å². The third-order valence-corrected chi connectivity index (χ3v) is 7.64. The van der Waals surface area contributed by atoms with Crippen LogP contribution in [-0.2, 0) is 18.4 Å². The van der Waals surface area contributed by atoms with E-state index in [1.807, 2.05) is 19.9 Å². The van der Waals surface area contributed by atoms with Gasteiger partial charge in [-0.15, -0.1) is 0 Å². The number of rotatable bonds is 13. The van der Waals surface area contributed by atoms with Crippen LogP contribution in [0.4, 0.5) is 11.4 Å². The van der Waals surface area contributed by atoms with Crippen molar-refractivity contribution in [2.24, 2.45) is 5.73 Å².